The Kier molecular flexibility index (Phi) is 5.53. The van der Waals surface area contributed by atoms with Crippen molar-refractivity contribution in [2.45, 2.75) is 32.2 Å². The van der Waals surface area contributed by atoms with E-state index in [1.165, 1.54) is 6.08 Å². The number of rotatable bonds is 7. The number of carbonyl (C=O) groups excluding carboxylic acids is 1. The van der Waals surface area contributed by atoms with Gasteiger partial charge in [0.15, 0.2) is 0 Å². The summed E-state index contributed by atoms with van der Waals surface area (Å²) in [6.07, 6.45) is 4.59. The molecule has 1 aromatic heterocycles. The molecule has 18 heavy (non-hydrogen) atoms. The van der Waals surface area contributed by atoms with Crippen molar-refractivity contribution < 1.29 is 9.32 Å². The third kappa shape index (κ3) is 4.34. The van der Waals surface area contributed by atoms with E-state index in [9.17, 15) is 19.2 Å². The molecule has 0 radical (unpaired) electrons. The van der Waals surface area contributed by atoms with E-state index in [0.29, 0.717) is 19.5 Å². The minimum absolute atomic E-state index is 0.307. The van der Waals surface area contributed by atoms with Crippen LogP contribution in [-0.4, -0.2) is 22.6 Å². The lowest BCUT2D eigenvalue weighted by Crippen LogP contribution is -2.42. The third-order valence-corrected chi connectivity index (χ3v) is 2.26. The highest BCUT2D eigenvalue weighted by molar-refractivity contribution is 5.32. The van der Waals surface area contributed by atoms with Crippen LogP contribution in [0.3, 0.4) is 0 Å². The second kappa shape index (κ2) is 7.18. The highest BCUT2D eigenvalue weighted by atomic mass is 16.5. The number of hydrogen-bond acceptors (Lipinski definition) is 6. The van der Waals surface area contributed by atoms with Gasteiger partial charge >= 0.3 is 16.6 Å². The van der Waals surface area contributed by atoms with Gasteiger partial charge in [-0.2, -0.15) is 0 Å². The summed E-state index contributed by atoms with van der Waals surface area (Å²) in [6.45, 7) is 0.759. The van der Waals surface area contributed by atoms with Crippen LogP contribution in [0.2, 0.25) is 0 Å². The fraction of sp³-hybridized carbons (Fsp3) is 0.600. The van der Waals surface area contributed by atoms with E-state index in [4.69, 9.17) is 0 Å². The van der Waals surface area contributed by atoms with Crippen LogP contribution >= 0.6 is 0 Å². The summed E-state index contributed by atoms with van der Waals surface area (Å²) in [5.74, 6) is 0. The zero-order valence-corrected chi connectivity index (χ0v) is 9.68. The quantitative estimate of drug-likeness (QED) is 0.302. The maximum Gasteiger partial charge on any atom is 0.410 e. The number of hydrogen-bond donors (Lipinski definition) is 1. The van der Waals surface area contributed by atoms with E-state index in [1.807, 2.05) is 0 Å². The first-order valence-electron chi connectivity index (χ1n) is 5.53. The Balaban J connectivity index is 2.36. The normalized spacial score (nSPS) is 10.0. The van der Waals surface area contributed by atoms with Gasteiger partial charge in [-0.1, -0.05) is 12.8 Å². The van der Waals surface area contributed by atoms with Gasteiger partial charge in [-0.25, -0.2) is 19.7 Å². The molecule has 0 saturated heterocycles. The van der Waals surface area contributed by atoms with Crippen LogP contribution in [0.1, 0.15) is 25.7 Å². The number of aryl methyl sites for hydroxylation is 1. The first kappa shape index (κ1) is 13.9. The largest absolute Gasteiger partial charge is 0.410 e. The molecule has 0 saturated carbocycles. The maximum absolute atomic E-state index is 11.0. The van der Waals surface area contributed by atoms with Crippen LogP contribution in [0.4, 0.5) is 0 Å². The molecule has 1 heterocycles. The zero-order valence-electron chi connectivity index (χ0n) is 9.68. The Bertz CT molecular complexity index is 556. The summed E-state index contributed by atoms with van der Waals surface area (Å²) in [7, 11) is 0. The number of nitrogens with zero attached hydrogens (tertiary/aromatic N) is 2. The number of aromatic amines is 1. The predicted molar refractivity (Wildman–Crippen MR) is 61.3 cm³/mol. The van der Waals surface area contributed by atoms with Gasteiger partial charge in [0.05, 0.1) is 13.1 Å². The lowest BCUT2D eigenvalue weighted by Gasteiger charge is -2.02. The molecule has 0 bridgehead atoms. The molecule has 98 valence electrons. The van der Waals surface area contributed by atoms with Gasteiger partial charge < -0.3 is 4.52 Å². The molecule has 0 aliphatic rings. The highest BCUT2D eigenvalue weighted by Crippen LogP contribution is 2.00. The van der Waals surface area contributed by atoms with E-state index >= 15 is 0 Å². The van der Waals surface area contributed by atoms with Gasteiger partial charge in [0, 0.05) is 0 Å². The molecule has 0 atom stereocenters. The lowest BCUT2D eigenvalue weighted by atomic mass is 10.2. The molecule has 1 aromatic rings. The summed E-state index contributed by atoms with van der Waals surface area (Å²) >= 11 is 0. The monoisotopic (exact) mass is 255 g/mol. The van der Waals surface area contributed by atoms with Crippen molar-refractivity contribution >= 4 is 6.08 Å². The molecule has 1 N–H and O–H groups in total. The maximum atomic E-state index is 11.0. The highest BCUT2D eigenvalue weighted by Gasteiger charge is 2.03. The van der Waals surface area contributed by atoms with Crippen molar-refractivity contribution in [3.63, 3.8) is 0 Å². The summed E-state index contributed by atoms with van der Waals surface area (Å²) in [5, 5.41) is 2.14. The summed E-state index contributed by atoms with van der Waals surface area (Å²) in [6, 6.07) is 0. The Labute approximate surface area is 101 Å². The molecule has 0 amide bonds. The van der Waals surface area contributed by atoms with Crippen molar-refractivity contribution in [2.24, 2.45) is 4.99 Å². The molecule has 0 aromatic carbocycles. The van der Waals surface area contributed by atoms with Crippen molar-refractivity contribution in [3.8, 4) is 0 Å². The van der Waals surface area contributed by atoms with E-state index in [2.05, 4.69) is 14.6 Å². The van der Waals surface area contributed by atoms with Crippen LogP contribution < -0.4 is 16.6 Å². The average molecular weight is 255 g/mol. The zero-order chi connectivity index (χ0) is 13.4. The number of isocyanates is 1. The molecule has 0 aliphatic carbocycles. The number of aliphatic imine (C=N–C) groups is 1. The molecular formula is C10H13N3O5. The number of nitrogens with one attached hydrogen (secondary N) is 1. The fourth-order valence-electron chi connectivity index (χ4n) is 1.37. The molecule has 0 aliphatic heterocycles. The fourth-order valence-corrected chi connectivity index (χ4v) is 1.37. The lowest BCUT2D eigenvalue weighted by molar-refractivity contribution is 0.178. The smallest absolute Gasteiger partial charge is 0.316 e. The molecule has 0 fully saturated rings. The predicted octanol–water partition coefficient (Wildman–Crippen LogP) is -0.614. The van der Waals surface area contributed by atoms with Gasteiger partial charge in [0.25, 0.3) is 0 Å². The van der Waals surface area contributed by atoms with Gasteiger partial charge in [0.1, 0.15) is 0 Å². The number of unbranched alkanes of at least 4 members (excludes halogenated alkanes) is 3. The topological polar surface area (TPSA) is 114 Å². The van der Waals surface area contributed by atoms with Crippen LogP contribution in [0, 0.1) is 0 Å². The number of H-pyrrole nitrogens is 1. The Morgan fingerprint density at radius 2 is 1.89 bits per heavy atom. The van der Waals surface area contributed by atoms with E-state index < -0.39 is 16.6 Å². The van der Waals surface area contributed by atoms with Crippen LogP contribution in [0.5, 0.6) is 0 Å². The van der Waals surface area contributed by atoms with E-state index in [1.54, 1.807) is 0 Å². The minimum atomic E-state index is -1.20. The number of aromatic nitrogens is 2. The Morgan fingerprint density at radius 3 is 2.56 bits per heavy atom. The third-order valence-electron chi connectivity index (χ3n) is 2.26. The van der Waals surface area contributed by atoms with Crippen molar-refractivity contribution in [2.75, 3.05) is 6.54 Å². The molecule has 0 unspecified atom stereocenters. The minimum Gasteiger partial charge on any atom is -0.316 e. The standard InChI is InChI=1S/C10H13N3O5/c14-7-11-5-3-1-2-4-6-13-12-9(16)8(15)10(17)18-13/h1-6H2,(H,12,16). The van der Waals surface area contributed by atoms with Gasteiger partial charge in [0.2, 0.25) is 6.08 Å². The SMILES string of the molecule is O=C=NCCCCCCn1[nH]c(=O)c(=O)c(=O)o1. The van der Waals surface area contributed by atoms with Gasteiger partial charge in [-0.05, 0) is 12.8 Å². The Hall–Kier alpha value is -2.21. The Morgan fingerprint density at radius 1 is 1.17 bits per heavy atom. The van der Waals surface area contributed by atoms with Crippen molar-refractivity contribution in [1.82, 2.24) is 9.95 Å². The molecule has 1 rings (SSSR count). The summed E-state index contributed by atoms with van der Waals surface area (Å²) in [4.78, 5) is 46.8. The second-order valence-electron chi connectivity index (χ2n) is 3.64. The van der Waals surface area contributed by atoms with Crippen LogP contribution in [-0.2, 0) is 11.3 Å². The van der Waals surface area contributed by atoms with E-state index in [0.717, 1.165) is 24.1 Å². The van der Waals surface area contributed by atoms with Gasteiger partial charge in [-0.3, -0.25) is 9.59 Å². The van der Waals surface area contributed by atoms with Crippen molar-refractivity contribution in [1.29, 1.82) is 0 Å². The molecule has 8 nitrogen and oxygen atoms in total. The first-order valence-corrected chi connectivity index (χ1v) is 5.53. The molecule has 0 spiro atoms. The second-order valence-corrected chi connectivity index (χ2v) is 3.64. The van der Waals surface area contributed by atoms with Gasteiger partial charge in [-0.15, -0.1) is 4.85 Å². The molecular weight excluding hydrogens is 242 g/mol. The average Bonchev–Trinajstić information content (AvgIpc) is 2.34. The van der Waals surface area contributed by atoms with Crippen LogP contribution in [0.15, 0.2) is 23.9 Å². The van der Waals surface area contributed by atoms with Crippen molar-refractivity contribution in [3.05, 3.63) is 31.0 Å². The molecule has 8 heteroatoms. The van der Waals surface area contributed by atoms with Crippen LogP contribution in [0.25, 0.3) is 0 Å². The summed E-state index contributed by atoms with van der Waals surface area (Å²) < 4.78 is 4.56. The summed E-state index contributed by atoms with van der Waals surface area (Å²) in [5.41, 5.74) is -3.34. The first-order chi connectivity index (χ1) is 8.65. The van der Waals surface area contributed by atoms with E-state index in [-0.39, 0.29) is 0 Å².